The second-order valence-corrected chi connectivity index (χ2v) is 5.46. The number of benzene rings is 1. The van der Waals surface area contributed by atoms with E-state index in [2.05, 4.69) is 17.2 Å². The van der Waals surface area contributed by atoms with Crippen LogP contribution in [0, 0.1) is 0 Å². The largest absolute Gasteiger partial charge is 0.485 e. The summed E-state index contributed by atoms with van der Waals surface area (Å²) in [6, 6.07) is 7.74. The Hall–Kier alpha value is -1.59. The predicted molar refractivity (Wildman–Crippen MR) is 74.8 cm³/mol. The first-order chi connectivity index (χ1) is 9.36. The lowest BCUT2D eigenvalue weighted by Gasteiger charge is -2.24. The molecule has 19 heavy (non-hydrogen) atoms. The molecule has 3 rings (SSSR count). The number of ether oxygens (including phenoxy) is 2. The maximum atomic E-state index is 5.94. The van der Waals surface area contributed by atoms with Gasteiger partial charge in [0.2, 0.25) is 0 Å². The number of nitrogens with one attached hydrogen (secondary N) is 1. The Kier molecular flexibility index (Phi) is 3.66. The molecule has 0 saturated heterocycles. The smallest absolute Gasteiger partial charge is 0.184 e. The van der Waals surface area contributed by atoms with Gasteiger partial charge in [-0.1, -0.05) is 19.1 Å². The third kappa shape index (κ3) is 2.72. The van der Waals surface area contributed by atoms with Crippen LogP contribution < -0.4 is 14.8 Å². The van der Waals surface area contributed by atoms with Gasteiger partial charge in [0.1, 0.15) is 11.6 Å². The SMILES string of the molecule is CCNCc1cnc(C2COc3ccccc3O2)s1. The van der Waals surface area contributed by atoms with E-state index in [1.165, 1.54) is 4.88 Å². The Labute approximate surface area is 116 Å². The van der Waals surface area contributed by atoms with Gasteiger partial charge >= 0.3 is 0 Å². The molecule has 0 aliphatic carbocycles. The molecule has 0 spiro atoms. The molecule has 1 atom stereocenters. The average Bonchev–Trinajstić information content (AvgIpc) is 2.93. The zero-order chi connectivity index (χ0) is 13.1. The molecule has 0 fully saturated rings. The third-order valence-electron chi connectivity index (χ3n) is 2.90. The molecule has 1 N–H and O–H groups in total. The van der Waals surface area contributed by atoms with Crippen LogP contribution in [-0.4, -0.2) is 18.1 Å². The molecular weight excluding hydrogens is 260 g/mol. The topological polar surface area (TPSA) is 43.4 Å². The number of hydrogen-bond donors (Lipinski definition) is 1. The molecule has 1 aromatic carbocycles. The molecule has 1 aromatic heterocycles. The summed E-state index contributed by atoms with van der Waals surface area (Å²) < 4.78 is 11.6. The fourth-order valence-electron chi connectivity index (χ4n) is 1.94. The fraction of sp³-hybridized carbons (Fsp3) is 0.357. The van der Waals surface area contributed by atoms with Crippen LogP contribution in [-0.2, 0) is 6.54 Å². The highest BCUT2D eigenvalue weighted by Gasteiger charge is 2.24. The number of nitrogens with zero attached hydrogens (tertiary/aromatic N) is 1. The minimum Gasteiger partial charge on any atom is -0.485 e. The van der Waals surface area contributed by atoms with E-state index in [-0.39, 0.29) is 6.10 Å². The van der Waals surface area contributed by atoms with Gasteiger partial charge in [-0.15, -0.1) is 11.3 Å². The summed E-state index contributed by atoms with van der Waals surface area (Å²) >= 11 is 1.68. The molecule has 0 amide bonds. The van der Waals surface area contributed by atoms with Gasteiger partial charge in [0.15, 0.2) is 17.6 Å². The molecule has 0 saturated carbocycles. The van der Waals surface area contributed by atoms with E-state index in [4.69, 9.17) is 9.47 Å². The lowest BCUT2D eigenvalue weighted by molar-refractivity contribution is 0.0911. The van der Waals surface area contributed by atoms with Crippen molar-refractivity contribution in [2.75, 3.05) is 13.2 Å². The molecule has 1 aliphatic rings. The number of rotatable bonds is 4. The summed E-state index contributed by atoms with van der Waals surface area (Å²) in [6.45, 7) is 4.43. The van der Waals surface area contributed by atoms with E-state index in [1.807, 2.05) is 30.5 Å². The molecule has 2 aromatic rings. The van der Waals surface area contributed by atoms with E-state index >= 15 is 0 Å². The van der Waals surface area contributed by atoms with E-state index in [9.17, 15) is 0 Å². The Bertz CT molecular complexity index is 556. The van der Waals surface area contributed by atoms with Crippen LogP contribution in [0.25, 0.3) is 0 Å². The van der Waals surface area contributed by atoms with Crippen molar-refractivity contribution in [2.45, 2.75) is 19.6 Å². The highest BCUT2D eigenvalue weighted by atomic mass is 32.1. The quantitative estimate of drug-likeness (QED) is 0.932. The van der Waals surface area contributed by atoms with Crippen molar-refractivity contribution in [3.05, 3.63) is 40.3 Å². The van der Waals surface area contributed by atoms with Gasteiger partial charge in [-0.2, -0.15) is 0 Å². The van der Waals surface area contributed by atoms with Crippen molar-refractivity contribution in [1.29, 1.82) is 0 Å². The average molecular weight is 276 g/mol. The summed E-state index contributed by atoms with van der Waals surface area (Å²) in [5.74, 6) is 1.60. The summed E-state index contributed by atoms with van der Waals surface area (Å²) in [4.78, 5) is 5.66. The Balaban J connectivity index is 1.72. The summed E-state index contributed by atoms with van der Waals surface area (Å²) in [5.41, 5.74) is 0. The lowest BCUT2D eigenvalue weighted by Crippen LogP contribution is -2.21. The van der Waals surface area contributed by atoms with Gasteiger partial charge in [-0.3, -0.25) is 0 Å². The van der Waals surface area contributed by atoms with Gasteiger partial charge in [0.25, 0.3) is 0 Å². The number of fused-ring (bicyclic) bond motifs is 1. The van der Waals surface area contributed by atoms with Crippen LogP contribution in [0.5, 0.6) is 11.5 Å². The number of thiazole rings is 1. The van der Waals surface area contributed by atoms with Crippen molar-refractivity contribution in [3.63, 3.8) is 0 Å². The lowest BCUT2D eigenvalue weighted by atomic mass is 10.2. The van der Waals surface area contributed by atoms with E-state index in [1.54, 1.807) is 11.3 Å². The molecule has 2 heterocycles. The van der Waals surface area contributed by atoms with Crippen LogP contribution in [0.1, 0.15) is 22.9 Å². The zero-order valence-electron chi connectivity index (χ0n) is 10.8. The number of para-hydroxylation sites is 2. The van der Waals surface area contributed by atoms with Crippen molar-refractivity contribution in [1.82, 2.24) is 10.3 Å². The van der Waals surface area contributed by atoms with E-state index in [0.717, 1.165) is 29.6 Å². The Morgan fingerprint density at radius 2 is 2.21 bits per heavy atom. The first kappa shape index (κ1) is 12.4. The van der Waals surface area contributed by atoms with Crippen molar-refractivity contribution < 1.29 is 9.47 Å². The predicted octanol–water partition coefficient (Wildman–Crippen LogP) is 2.77. The fourth-order valence-corrected chi connectivity index (χ4v) is 2.84. The van der Waals surface area contributed by atoms with Crippen LogP contribution in [0.3, 0.4) is 0 Å². The summed E-state index contributed by atoms with van der Waals surface area (Å²) in [5, 5.41) is 4.27. The highest BCUT2D eigenvalue weighted by Crippen LogP contribution is 2.36. The Morgan fingerprint density at radius 1 is 1.37 bits per heavy atom. The number of hydrogen-bond acceptors (Lipinski definition) is 5. The minimum atomic E-state index is -0.102. The molecule has 4 nitrogen and oxygen atoms in total. The maximum Gasteiger partial charge on any atom is 0.184 e. The zero-order valence-corrected chi connectivity index (χ0v) is 11.6. The van der Waals surface area contributed by atoms with Gasteiger partial charge < -0.3 is 14.8 Å². The van der Waals surface area contributed by atoms with Crippen LogP contribution in [0.2, 0.25) is 0 Å². The van der Waals surface area contributed by atoms with Crippen LogP contribution >= 0.6 is 11.3 Å². The van der Waals surface area contributed by atoms with E-state index in [0.29, 0.717) is 6.61 Å². The summed E-state index contributed by atoms with van der Waals surface area (Å²) in [7, 11) is 0. The second kappa shape index (κ2) is 5.59. The van der Waals surface area contributed by atoms with Gasteiger partial charge in [0.05, 0.1) is 0 Å². The van der Waals surface area contributed by atoms with Crippen molar-refractivity contribution in [2.24, 2.45) is 0 Å². The van der Waals surface area contributed by atoms with Gasteiger partial charge in [-0.25, -0.2) is 4.98 Å². The molecule has 100 valence electrons. The first-order valence-corrected chi connectivity index (χ1v) is 7.22. The standard InChI is InChI=1S/C14H16N2O2S/c1-2-15-7-10-8-16-14(19-10)13-9-17-11-5-3-4-6-12(11)18-13/h3-6,8,13,15H,2,7,9H2,1H3. The highest BCUT2D eigenvalue weighted by molar-refractivity contribution is 7.11. The van der Waals surface area contributed by atoms with Crippen LogP contribution in [0.15, 0.2) is 30.5 Å². The molecular formula is C14H16N2O2S. The first-order valence-electron chi connectivity index (χ1n) is 6.40. The van der Waals surface area contributed by atoms with Crippen molar-refractivity contribution >= 4 is 11.3 Å². The molecule has 1 aliphatic heterocycles. The number of aromatic nitrogens is 1. The monoisotopic (exact) mass is 276 g/mol. The Morgan fingerprint density at radius 3 is 3.05 bits per heavy atom. The van der Waals surface area contributed by atoms with Gasteiger partial charge in [-0.05, 0) is 18.7 Å². The van der Waals surface area contributed by atoms with Crippen molar-refractivity contribution in [3.8, 4) is 11.5 Å². The molecule has 0 bridgehead atoms. The normalized spacial score (nSPS) is 17.4. The minimum absolute atomic E-state index is 0.102. The maximum absolute atomic E-state index is 5.94. The molecule has 1 unspecified atom stereocenters. The molecule has 0 radical (unpaired) electrons. The third-order valence-corrected chi connectivity index (χ3v) is 3.99. The van der Waals surface area contributed by atoms with E-state index < -0.39 is 0 Å². The summed E-state index contributed by atoms with van der Waals surface area (Å²) in [6.07, 6.45) is 1.81. The molecule has 5 heteroatoms. The second-order valence-electron chi connectivity index (χ2n) is 4.31. The van der Waals surface area contributed by atoms with Gasteiger partial charge in [0, 0.05) is 17.6 Å². The van der Waals surface area contributed by atoms with Crippen LogP contribution in [0.4, 0.5) is 0 Å².